The summed E-state index contributed by atoms with van der Waals surface area (Å²) < 4.78 is 1.96. The summed E-state index contributed by atoms with van der Waals surface area (Å²) in [5, 5.41) is 19.0. The van der Waals surface area contributed by atoms with E-state index in [1.165, 1.54) is 0 Å². The summed E-state index contributed by atoms with van der Waals surface area (Å²) in [6.45, 7) is 2.72. The lowest BCUT2D eigenvalue weighted by atomic mass is 10.0. The number of H-pyrrole nitrogens is 1. The zero-order valence-corrected chi connectivity index (χ0v) is 17.7. The first-order valence-corrected chi connectivity index (χ1v) is 10.6. The Kier molecular flexibility index (Phi) is 5.48. The molecule has 0 amide bonds. The van der Waals surface area contributed by atoms with Gasteiger partial charge in [0.25, 0.3) is 0 Å². The van der Waals surface area contributed by atoms with Crippen LogP contribution in [-0.4, -0.2) is 40.4 Å². The lowest BCUT2D eigenvalue weighted by Gasteiger charge is -2.08. The molecular formula is C24H22N8. The summed E-state index contributed by atoms with van der Waals surface area (Å²) in [5.74, 6) is 2.35. The molecule has 0 atom stereocenters. The minimum atomic E-state index is 0.573. The van der Waals surface area contributed by atoms with E-state index < -0.39 is 0 Å². The number of nitrogens with zero attached hydrogens (tertiary/aromatic N) is 7. The Balaban J connectivity index is 1.42. The maximum Gasteiger partial charge on any atom is 0.181 e. The summed E-state index contributed by atoms with van der Waals surface area (Å²) in [5.41, 5.74) is 4.89. The van der Waals surface area contributed by atoms with Crippen molar-refractivity contribution in [3.8, 4) is 33.9 Å². The fourth-order valence-corrected chi connectivity index (χ4v) is 3.66. The summed E-state index contributed by atoms with van der Waals surface area (Å²) in [7, 11) is 0. The fourth-order valence-electron chi connectivity index (χ4n) is 3.66. The van der Waals surface area contributed by atoms with Crippen molar-refractivity contribution in [2.45, 2.75) is 26.3 Å². The predicted octanol–water partition coefficient (Wildman–Crippen LogP) is 4.19. The van der Waals surface area contributed by atoms with Crippen LogP contribution >= 0.6 is 0 Å². The van der Waals surface area contributed by atoms with Gasteiger partial charge >= 0.3 is 0 Å². The van der Waals surface area contributed by atoms with Gasteiger partial charge in [0.15, 0.2) is 11.6 Å². The van der Waals surface area contributed by atoms with Gasteiger partial charge in [-0.05, 0) is 28.5 Å². The van der Waals surface area contributed by atoms with E-state index in [-0.39, 0.29) is 0 Å². The Morgan fingerprint density at radius 2 is 1.69 bits per heavy atom. The molecule has 0 radical (unpaired) electrons. The Morgan fingerprint density at radius 3 is 2.41 bits per heavy atom. The molecule has 0 aliphatic heterocycles. The molecule has 0 bridgehead atoms. The molecule has 5 rings (SSSR count). The predicted molar refractivity (Wildman–Crippen MR) is 121 cm³/mol. The zero-order chi connectivity index (χ0) is 21.8. The number of hydrogen-bond donors (Lipinski definition) is 1. The summed E-state index contributed by atoms with van der Waals surface area (Å²) >= 11 is 0. The van der Waals surface area contributed by atoms with Gasteiger partial charge in [-0.25, -0.2) is 14.8 Å². The quantitative estimate of drug-likeness (QED) is 0.422. The molecule has 8 nitrogen and oxygen atoms in total. The second-order valence-corrected chi connectivity index (χ2v) is 7.46. The Labute approximate surface area is 185 Å². The van der Waals surface area contributed by atoms with E-state index >= 15 is 0 Å². The molecule has 0 aliphatic rings. The van der Waals surface area contributed by atoms with Crippen LogP contribution in [0.5, 0.6) is 0 Å². The van der Waals surface area contributed by atoms with Crippen molar-refractivity contribution < 1.29 is 0 Å². The standard InChI is InChI=1S/C24H22N8/c1-2-8-22-26-23(17-9-4-3-5-10-17)29-32(22)16-19-14-13-18(15-25-19)20-11-6-7-12-21(20)24-27-30-31-28-24/h3-7,9-15H,2,8,16H2,1H3,(H,27,28,30,31). The number of nitrogens with one attached hydrogen (secondary N) is 1. The molecule has 8 heteroatoms. The van der Waals surface area contributed by atoms with E-state index in [1.54, 1.807) is 0 Å². The average molecular weight is 422 g/mol. The normalized spacial score (nSPS) is 11.0. The van der Waals surface area contributed by atoms with Gasteiger partial charge in [-0.1, -0.05) is 67.6 Å². The number of tetrazole rings is 1. The molecule has 0 fully saturated rings. The number of rotatable bonds is 7. The fraction of sp³-hybridized carbons (Fsp3) is 0.167. The molecule has 2 aromatic carbocycles. The van der Waals surface area contributed by atoms with Crippen LogP contribution in [0.25, 0.3) is 33.9 Å². The van der Waals surface area contributed by atoms with Crippen LogP contribution in [0.1, 0.15) is 24.9 Å². The lowest BCUT2D eigenvalue weighted by molar-refractivity contribution is 0.621. The highest BCUT2D eigenvalue weighted by Gasteiger charge is 2.13. The van der Waals surface area contributed by atoms with E-state index in [9.17, 15) is 0 Å². The molecule has 5 aromatic rings. The third kappa shape index (κ3) is 4.02. The van der Waals surface area contributed by atoms with Crippen molar-refractivity contribution >= 4 is 0 Å². The van der Waals surface area contributed by atoms with Crippen LogP contribution in [0.4, 0.5) is 0 Å². The third-order valence-electron chi connectivity index (χ3n) is 5.23. The van der Waals surface area contributed by atoms with Crippen LogP contribution in [0.2, 0.25) is 0 Å². The summed E-state index contributed by atoms with van der Waals surface area (Å²) in [6, 6.07) is 22.2. The maximum absolute atomic E-state index is 4.77. The number of hydrogen-bond acceptors (Lipinski definition) is 6. The Morgan fingerprint density at radius 1 is 0.875 bits per heavy atom. The molecule has 0 unspecified atom stereocenters. The van der Waals surface area contributed by atoms with E-state index in [1.807, 2.05) is 71.5 Å². The largest absolute Gasteiger partial charge is 0.259 e. The van der Waals surface area contributed by atoms with E-state index in [0.29, 0.717) is 12.4 Å². The van der Waals surface area contributed by atoms with Crippen molar-refractivity contribution in [1.29, 1.82) is 0 Å². The molecule has 0 saturated carbocycles. The average Bonchev–Trinajstić information content (AvgIpc) is 3.51. The Bertz CT molecular complexity index is 1290. The highest BCUT2D eigenvalue weighted by molar-refractivity contribution is 5.79. The smallest absolute Gasteiger partial charge is 0.181 e. The Hall–Kier alpha value is -4.20. The highest BCUT2D eigenvalue weighted by Crippen LogP contribution is 2.29. The molecule has 1 N–H and O–H groups in total. The van der Waals surface area contributed by atoms with Crippen LogP contribution in [0, 0.1) is 0 Å². The summed E-state index contributed by atoms with van der Waals surface area (Å²) in [6.07, 6.45) is 3.76. The van der Waals surface area contributed by atoms with Crippen molar-refractivity contribution in [3.63, 3.8) is 0 Å². The van der Waals surface area contributed by atoms with Gasteiger partial charge in [-0.3, -0.25) is 4.98 Å². The van der Waals surface area contributed by atoms with E-state index in [4.69, 9.17) is 15.1 Å². The van der Waals surface area contributed by atoms with Crippen molar-refractivity contribution in [2.75, 3.05) is 0 Å². The van der Waals surface area contributed by atoms with Gasteiger partial charge in [0.05, 0.1) is 12.2 Å². The van der Waals surface area contributed by atoms with Gasteiger partial charge in [-0.15, -0.1) is 5.10 Å². The number of pyridine rings is 1. The molecule has 3 heterocycles. The monoisotopic (exact) mass is 422 g/mol. The molecule has 3 aromatic heterocycles. The lowest BCUT2D eigenvalue weighted by Crippen LogP contribution is -2.08. The number of benzene rings is 2. The zero-order valence-electron chi connectivity index (χ0n) is 17.7. The molecule has 0 saturated heterocycles. The van der Waals surface area contributed by atoms with E-state index in [0.717, 1.165) is 52.4 Å². The van der Waals surface area contributed by atoms with Crippen LogP contribution in [0.3, 0.4) is 0 Å². The molecule has 32 heavy (non-hydrogen) atoms. The van der Waals surface area contributed by atoms with Crippen LogP contribution in [-0.2, 0) is 13.0 Å². The van der Waals surface area contributed by atoms with Gasteiger partial charge < -0.3 is 0 Å². The first-order valence-electron chi connectivity index (χ1n) is 10.6. The minimum Gasteiger partial charge on any atom is -0.259 e. The highest BCUT2D eigenvalue weighted by atomic mass is 15.5. The number of aromatic nitrogens is 8. The minimum absolute atomic E-state index is 0.573. The first-order chi connectivity index (χ1) is 15.8. The van der Waals surface area contributed by atoms with Crippen molar-refractivity contribution in [3.05, 3.63) is 84.4 Å². The molecule has 158 valence electrons. The first kappa shape index (κ1) is 19.7. The number of aryl methyl sites for hydroxylation is 1. The molecule has 0 spiro atoms. The van der Waals surface area contributed by atoms with Gasteiger partial charge in [0.2, 0.25) is 0 Å². The van der Waals surface area contributed by atoms with Gasteiger partial charge in [0, 0.05) is 29.3 Å². The SMILES string of the molecule is CCCc1nc(-c2ccccc2)nn1Cc1ccc(-c2ccccc2-c2nnn[nH]2)cn1. The van der Waals surface area contributed by atoms with Gasteiger partial charge in [0.1, 0.15) is 5.82 Å². The third-order valence-corrected chi connectivity index (χ3v) is 5.23. The van der Waals surface area contributed by atoms with Crippen LogP contribution in [0.15, 0.2) is 72.9 Å². The number of aromatic amines is 1. The molecular weight excluding hydrogens is 400 g/mol. The second kappa shape index (κ2) is 8.89. The van der Waals surface area contributed by atoms with Crippen molar-refractivity contribution in [1.82, 2.24) is 40.4 Å². The van der Waals surface area contributed by atoms with E-state index in [2.05, 4.69) is 33.6 Å². The van der Waals surface area contributed by atoms with Crippen LogP contribution < -0.4 is 0 Å². The summed E-state index contributed by atoms with van der Waals surface area (Å²) in [4.78, 5) is 9.48. The van der Waals surface area contributed by atoms with Crippen molar-refractivity contribution in [2.24, 2.45) is 0 Å². The maximum atomic E-state index is 4.77. The molecule has 0 aliphatic carbocycles. The van der Waals surface area contributed by atoms with Gasteiger partial charge in [-0.2, -0.15) is 5.10 Å². The second-order valence-electron chi connectivity index (χ2n) is 7.46. The topological polar surface area (TPSA) is 98.1 Å².